The summed E-state index contributed by atoms with van der Waals surface area (Å²) in [6.07, 6.45) is 1.60. The monoisotopic (exact) mass is 276 g/mol. The van der Waals surface area contributed by atoms with Crippen molar-refractivity contribution >= 4 is 11.0 Å². The van der Waals surface area contributed by atoms with Gasteiger partial charge < -0.3 is 4.42 Å². The van der Waals surface area contributed by atoms with E-state index in [-0.39, 0.29) is 6.04 Å². The van der Waals surface area contributed by atoms with Gasteiger partial charge in [0, 0.05) is 5.39 Å². The van der Waals surface area contributed by atoms with Gasteiger partial charge in [-0.25, -0.2) is 4.68 Å². The Labute approximate surface area is 120 Å². The lowest BCUT2D eigenvalue weighted by molar-refractivity contribution is 0.456. The van der Waals surface area contributed by atoms with E-state index < -0.39 is 0 Å². The Hall–Kier alpha value is -2.95. The first-order valence-electron chi connectivity index (χ1n) is 6.68. The highest BCUT2D eigenvalue weighted by Crippen LogP contribution is 2.30. The number of benzene rings is 2. The number of aromatic nitrogens is 4. The average molecular weight is 276 g/mol. The molecule has 0 saturated carbocycles. The van der Waals surface area contributed by atoms with E-state index in [0.29, 0.717) is 0 Å². The Morgan fingerprint density at radius 2 is 1.76 bits per heavy atom. The van der Waals surface area contributed by atoms with Gasteiger partial charge in [-0.05, 0) is 28.1 Å². The molecule has 0 N–H and O–H groups in total. The van der Waals surface area contributed by atoms with Gasteiger partial charge >= 0.3 is 0 Å². The molecule has 0 aliphatic rings. The van der Waals surface area contributed by atoms with Crippen LogP contribution in [0.25, 0.3) is 11.0 Å². The lowest BCUT2D eigenvalue weighted by atomic mass is 10.0. The molecule has 0 radical (unpaired) electrons. The van der Waals surface area contributed by atoms with Crippen LogP contribution in [0, 0.1) is 0 Å². The Morgan fingerprint density at radius 1 is 0.952 bits per heavy atom. The summed E-state index contributed by atoms with van der Waals surface area (Å²) in [5, 5.41) is 12.6. The fraction of sp³-hybridized carbons (Fsp3) is 0.0625. The number of hydrogen-bond acceptors (Lipinski definition) is 4. The van der Waals surface area contributed by atoms with Crippen LogP contribution in [0.3, 0.4) is 0 Å². The van der Waals surface area contributed by atoms with E-state index in [1.807, 2.05) is 60.7 Å². The fourth-order valence-corrected chi connectivity index (χ4v) is 2.51. The molecule has 0 amide bonds. The summed E-state index contributed by atoms with van der Waals surface area (Å²) in [7, 11) is 0. The van der Waals surface area contributed by atoms with Gasteiger partial charge in [0.15, 0.2) is 0 Å². The van der Waals surface area contributed by atoms with Crippen LogP contribution in [-0.2, 0) is 0 Å². The van der Waals surface area contributed by atoms with Crippen LogP contribution in [0.5, 0.6) is 0 Å². The highest BCUT2D eigenvalue weighted by atomic mass is 16.3. The van der Waals surface area contributed by atoms with E-state index in [0.717, 1.165) is 22.3 Å². The molecule has 2 heterocycles. The van der Waals surface area contributed by atoms with Gasteiger partial charge in [0.25, 0.3) is 0 Å². The second kappa shape index (κ2) is 4.86. The minimum absolute atomic E-state index is 0.173. The van der Waals surface area contributed by atoms with Crippen molar-refractivity contribution in [3.63, 3.8) is 0 Å². The van der Waals surface area contributed by atoms with Crippen molar-refractivity contribution in [2.75, 3.05) is 0 Å². The quantitative estimate of drug-likeness (QED) is 0.577. The predicted molar refractivity (Wildman–Crippen MR) is 77.7 cm³/mol. The Kier molecular flexibility index (Phi) is 2.74. The smallest absolute Gasteiger partial charge is 0.139 e. The molecule has 1 unspecified atom stereocenters. The van der Waals surface area contributed by atoms with Crippen molar-refractivity contribution in [1.29, 1.82) is 0 Å². The predicted octanol–water partition coefficient (Wildman–Crippen LogP) is 3.06. The molecule has 0 spiro atoms. The van der Waals surface area contributed by atoms with Crippen LogP contribution in [-0.4, -0.2) is 20.2 Å². The highest BCUT2D eigenvalue weighted by molar-refractivity contribution is 5.78. The first kappa shape index (κ1) is 11.8. The third-order valence-electron chi connectivity index (χ3n) is 3.46. The summed E-state index contributed by atoms with van der Waals surface area (Å²) < 4.78 is 7.69. The van der Waals surface area contributed by atoms with Crippen LogP contribution in [0.15, 0.2) is 71.4 Å². The normalized spacial score (nSPS) is 12.6. The van der Waals surface area contributed by atoms with Gasteiger partial charge in [0.05, 0.1) is 0 Å². The topological polar surface area (TPSA) is 56.7 Å². The maximum atomic E-state index is 5.99. The molecular weight excluding hydrogens is 264 g/mol. The van der Waals surface area contributed by atoms with E-state index in [1.54, 1.807) is 11.0 Å². The minimum atomic E-state index is -0.173. The molecule has 4 rings (SSSR count). The molecule has 2 aromatic heterocycles. The second-order valence-corrected chi connectivity index (χ2v) is 4.79. The molecule has 102 valence electrons. The number of fused-ring (bicyclic) bond motifs is 1. The maximum absolute atomic E-state index is 5.99. The third kappa shape index (κ3) is 2.08. The van der Waals surface area contributed by atoms with Crippen LogP contribution in [0.2, 0.25) is 0 Å². The molecule has 2 aromatic carbocycles. The zero-order chi connectivity index (χ0) is 14.1. The van der Waals surface area contributed by atoms with Gasteiger partial charge in [-0.15, -0.1) is 5.10 Å². The third-order valence-corrected chi connectivity index (χ3v) is 3.46. The van der Waals surface area contributed by atoms with Gasteiger partial charge in [-0.1, -0.05) is 48.5 Å². The summed E-state index contributed by atoms with van der Waals surface area (Å²) in [5.41, 5.74) is 1.94. The summed E-state index contributed by atoms with van der Waals surface area (Å²) in [6.45, 7) is 0. The van der Waals surface area contributed by atoms with Crippen LogP contribution in [0.1, 0.15) is 17.4 Å². The van der Waals surface area contributed by atoms with Crippen LogP contribution in [0.4, 0.5) is 0 Å². The molecule has 0 bridgehead atoms. The molecule has 4 aromatic rings. The first-order valence-corrected chi connectivity index (χ1v) is 6.68. The van der Waals surface area contributed by atoms with Gasteiger partial charge in [0.1, 0.15) is 23.7 Å². The molecule has 5 heteroatoms. The molecule has 0 saturated heterocycles. The molecule has 1 atom stereocenters. The van der Waals surface area contributed by atoms with Gasteiger partial charge in [0.2, 0.25) is 0 Å². The zero-order valence-corrected chi connectivity index (χ0v) is 11.1. The van der Waals surface area contributed by atoms with Crippen molar-refractivity contribution in [3.05, 3.63) is 78.3 Å². The summed E-state index contributed by atoms with van der Waals surface area (Å²) in [5.74, 6) is 0.815. The molecule has 0 aliphatic heterocycles. The summed E-state index contributed by atoms with van der Waals surface area (Å²) >= 11 is 0. The SMILES string of the molecule is c1ccc(C(c2cc3ccccc3o2)n2cnnn2)cc1. The Balaban J connectivity index is 1.90. The Bertz CT molecular complexity index is 819. The molecule has 21 heavy (non-hydrogen) atoms. The standard InChI is InChI=1S/C16H12N4O/c1-2-6-12(7-3-1)16(20-11-17-18-19-20)15-10-13-8-4-5-9-14(13)21-15/h1-11,16H. The van der Waals surface area contributed by atoms with E-state index in [4.69, 9.17) is 4.42 Å². The molecule has 0 aliphatic carbocycles. The lowest BCUT2D eigenvalue weighted by Crippen LogP contribution is -2.12. The first-order chi connectivity index (χ1) is 10.4. The van der Waals surface area contributed by atoms with E-state index in [2.05, 4.69) is 15.5 Å². The van der Waals surface area contributed by atoms with Crippen molar-refractivity contribution in [3.8, 4) is 0 Å². The number of rotatable bonds is 3. The van der Waals surface area contributed by atoms with Gasteiger partial charge in [-0.2, -0.15) is 0 Å². The number of furan rings is 1. The van der Waals surface area contributed by atoms with Crippen LogP contribution >= 0.6 is 0 Å². The Morgan fingerprint density at radius 3 is 2.52 bits per heavy atom. The largest absolute Gasteiger partial charge is 0.458 e. The van der Waals surface area contributed by atoms with Gasteiger partial charge in [-0.3, -0.25) is 0 Å². The number of nitrogens with zero attached hydrogens (tertiary/aromatic N) is 4. The number of tetrazole rings is 1. The van der Waals surface area contributed by atoms with E-state index >= 15 is 0 Å². The summed E-state index contributed by atoms with van der Waals surface area (Å²) in [4.78, 5) is 0. The average Bonchev–Trinajstić information content (AvgIpc) is 3.18. The van der Waals surface area contributed by atoms with Crippen molar-refractivity contribution in [1.82, 2.24) is 20.2 Å². The van der Waals surface area contributed by atoms with Crippen molar-refractivity contribution < 1.29 is 4.42 Å². The van der Waals surface area contributed by atoms with E-state index in [1.165, 1.54) is 0 Å². The van der Waals surface area contributed by atoms with Crippen molar-refractivity contribution in [2.24, 2.45) is 0 Å². The van der Waals surface area contributed by atoms with E-state index in [9.17, 15) is 0 Å². The summed E-state index contributed by atoms with van der Waals surface area (Å²) in [6, 6.07) is 19.9. The lowest BCUT2D eigenvalue weighted by Gasteiger charge is -2.13. The van der Waals surface area contributed by atoms with Crippen LogP contribution < -0.4 is 0 Å². The number of para-hydroxylation sites is 1. The number of hydrogen-bond donors (Lipinski definition) is 0. The fourth-order valence-electron chi connectivity index (χ4n) is 2.51. The molecule has 5 nitrogen and oxygen atoms in total. The highest BCUT2D eigenvalue weighted by Gasteiger charge is 2.21. The zero-order valence-electron chi connectivity index (χ0n) is 11.1. The maximum Gasteiger partial charge on any atom is 0.139 e. The second-order valence-electron chi connectivity index (χ2n) is 4.79. The molecular formula is C16H12N4O. The molecule has 0 fully saturated rings. The minimum Gasteiger partial charge on any atom is -0.458 e. The van der Waals surface area contributed by atoms with Crippen molar-refractivity contribution in [2.45, 2.75) is 6.04 Å².